The SMILES string of the molecule is Cc1nccn1-c1ccc2nc(Nc3ccc4ncccc4c3)nn2c1. The second kappa shape index (κ2) is 5.66. The lowest BCUT2D eigenvalue weighted by molar-refractivity contribution is 0.914. The van der Waals surface area contributed by atoms with Gasteiger partial charge in [-0.25, -0.2) is 9.50 Å². The smallest absolute Gasteiger partial charge is 0.247 e. The molecular weight excluding hydrogens is 326 g/mol. The number of fused-ring (bicyclic) bond motifs is 2. The summed E-state index contributed by atoms with van der Waals surface area (Å²) in [6.45, 7) is 1.97. The van der Waals surface area contributed by atoms with E-state index in [9.17, 15) is 0 Å². The van der Waals surface area contributed by atoms with Crippen LogP contribution in [0.15, 0.2) is 67.3 Å². The molecule has 0 aliphatic carbocycles. The molecule has 126 valence electrons. The minimum Gasteiger partial charge on any atom is -0.323 e. The van der Waals surface area contributed by atoms with Gasteiger partial charge in [0.05, 0.1) is 17.4 Å². The molecule has 0 aliphatic heterocycles. The van der Waals surface area contributed by atoms with Crippen LogP contribution in [-0.2, 0) is 0 Å². The Morgan fingerprint density at radius 1 is 1.00 bits per heavy atom. The number of hydrogen-bond acceptors (Lipinski definition) is 5. The van der Waals surface area contributed by atoms with E-state index in [-0.39, 0.29) is 0 Å². The first-order valence-electron chi connectivity index (χ1n) is 8.25. The van der Waals surface area contributed by atoms with E-state index >= 15 is 0 Å². The maximum Gasteiger partial charge on any atom is 0.247 e. The molecular formula is C19H15N7. The van der Waals surface area contributed by atoms with Gasteiger partial charge in [0.1, 0.15) is 5.82 Å². The fourth-order valence-corrected chi connectivity index (χ4v) is 3.00. The van der Waals surface area contributed by atoms with Crippen molar-refractivity contribution < 1.29 is 0 Å². The molecule has 4 heterocycles. The van der Waals surface area contributed by atoms with Gasteiger partial charge in [0, 0.05) is 29.7 Å². The minimum absolute atomic E-state index is 0.549. The Bertz CT molecular complexity index is 1240. The van der Waals surface area contributed by atoms with E-state index in [1.54, 1.807) is 16.9 Å². The van der Waals surface area contributed by atoms with Crippen molar-refractivity contribution in [2.45, 2.75) is 6.92 Å². The molecule has 0 spiro atoms. The van der Waals surface area contributed by atoms with Crippen molar-refractivity contribution in [3.63, 3.8) is 0 Å². The fourth-order valence-electron chi connectivity index (χ4n) is 3.00. The predicted octanol–water partition coefficient (Wildman–Crippen LogP) is 3.52. The molecule has 0 radical (unpaired) electrons. The molecule has 7 heteroatoms. The molecule has 1 aromatic carbocycles. The number of pyridine rings is 2. The van der Waals surface area contributed by atoms with Gasteiger partial charge in [-0.2, -0.15) is 4.98 Å². The molecule has 26 heavy (non-hydrogen) atoms. The van der Waals surface area contributed by atoms with Crippen molar-refractivity contribution in [1.29, 1.82) is 0 Å². The number of aromatic nitrogens is 6. The van der Waals surface area contributed by atoms with Gasteiger partial charge in [0.15, 0.2) is 5.65 Å². The highest BCUT2D eigenvalue weighted by molar-refractivity contribution is 5.82. The van der Waals surface area contributed by atoms with Crippen LogP contribution >= 0.6 is 0 Å². The highest BCUT2D eigenvalue weighted by Crippen LogP contribution is 2.20. The molecule has 0 bridgehead atoms. The summed E-state index contributed by atoms with van der Waals surface area (Å²) in [5, 5.41) is 8.86. The Hall–Kier alpha value is -3.74. The van der Waals surface area contributed by atoms with Crippen LogP contribution in [0.25, 0.3) is 22.2 Å². The van der Waals surface area contributed by atoms with Crippen LogP contribution in [0.4, 0.5) is 11.6 Å². The minimum atomic E-state index is 0.549. The van der Waals surface area contributed by atoms with Gasteiger partial charge < -0.3 is 9.88 Å². The first-order valence-corrected chi connectivity index (χ1v) is 8.25. The average molecular weight is 341 g/mol. The Morgan fingerprint density at radius 3 is 2.85 bits per heavy atom. The third kappa shape index (κ3) is 2.46. The summed E-state index contributed by atoms with van der Waals surface area (Å²) in [4.78, 5) is 13.1. The van der Waals surface area contributed by atoms with Gasteiger partial charge in [0.25, 0.3) is 0 Å². The zero-order valence-electron chi connectivity index (χ0n) is 14.0. The van der Waals surface area contributed by atoms with E-state index in [0.29, 0.717) is 5.95 Å². The van der Waals surface area contributed by atoms with Crippen molar-refractivity contribution in [1.82, 2.24) is 29.1 Å². The molecule has 4 aromatic heterocycles. The lowest BCUT2D eigenvalue weighted by atomic mass is 10.2. The summed E-state index contributed by atoms with van der Waals surface area (Å²) >= 11 is 0. The number of imidazole rings is 1. The van der Waals surface area contributed by atoms with Crippen molar-refractivity contribution in [3.8, 4) is 5.69 Å². The summed E-state index contributed by atoms with van der Waals surface area (Å²) in [6, 6.07) is 13.9. The Kier molecular flexibility index (Phi) is 3.18. The second-order valence-electron chi connectivity index (χ2n) is 6.01. The topological polar surface area (TPSA) is 72.9 Å². The third-order valence-corrected chi connectivity index (χ3v) is 4.28. The zero-order chi connectivity index (χ0) is 17.5. The molecule has 7 nitrogen and oxygen atoms in total. The van der Waals surface area contributed by atoms with E-state index < -0.39 is 0 Å². The summed E-state index contributed by atoms with van der Waals surface area (Å²) in [5.41, 5.74) is 3.64. The predicted molar refractivity (Wildman–Crippen MR) is 99.9 cm³/mol. The van der Waals surface area contributed by atoms with Crippen molar-refractivity contribution in [2.24, 2.45) is 0 Å². The maximum absolute atomic E-state index is 4.53. The molecule has 0 saturated heterocycles. The van der Waals surface area contributed by atoms with Crippen LogP contribution in [0.5, 0.6) is 0 Å². The number of anilines is 2. The van der Waals surface area contributed by atoms with Gasteiger partial charge in [-0.15, -0.1) is 5.10 Å². The molecule has 0 amide bonds. The number of aryl methyl sites for hydroxylation is 1. The van der Waals surface area contributed by atoms with Gasteiger partial charge in [-0.1, -0.05) is 6.07 Å². The van der Waals surface area contributed by atoms with Gasteiger partial charge in [-0.05, 0) is 43.3 Å². The third-order valence-electron chi connectivity index (χ3n) is 4.28. The quantitative estimate of drug-likeness (QED) is 0.543. The van der Waals surface area contributed by atoms with Crippen LogP contribution in [0, 0.1) is 6.92 Å². The Labute approximate surface area is 149 Å². The number of nitrogens with one attached hydrogen (secondary N) is 1. The second-order valence-corrected chi connectivity index (χ2v) is 6.01. The monoisotopic (exact) mass is 341 g/mol. The highest BCUT2D eigenvalue weighted by atomic mass is 15.3. The van der Waals surface area contributed by atoms with E-state index in [1.165, 1.54) is 0 Å². The average Bonchev–Trinajstić information content (AvgIpc) is 3.26. The molecule has 0 fully saturated rings. The number of rotatable bonds is 3. The lowest BCUT2D eigenvalue weighted by Crippen LogP contribution is -1.98. The van der Waals surface area contributed by atoms with Gasteiger partial charge in [-0.3, -0.25) is 4.98 Å². The summed E-state index contributed by atoms with van der Waals surface area (Å²) in [5.74, 6) is 1.47. The fraction of sp³-hybridized carbons (Fsp3) is 0.0526. The Balaban J connectivity index is 1.49. The van der Waals surface area contributed by atoms with E-state index in [4.69, 9.17) is 0 Å². The van der Waals surface area contributed by atoms with Crippen LogP contribution in [0.2, 0.25) is 0 Å². The van der Waals surface area contributed by atoms with Crippen molar-refractivity contribution in [3.05, 3.63) is 73.1 Å². The lowest BCUT2D eigenvalue weighted by Gasteiger charge is -2.04. The largest absolute Gasteiger partial charge is 0.323 e. The zero-order valence-corrected chi connectivity index (χ0v) is 14.0. The maximum atomic E-state index is 4.53. The molecule has 1 N–H and O–H groups in total. The van der Waals surface area contributed by atoms with E-state index in [0.717, 1.165) is 33.7 Å². The highest BCUT2D eigenvalue weighted by Gasteiger charge is 2.07. The molecule has 5 aromatic rings. The first-order chi connectivity index (χ1) is 12.8. The van der Waals surface area contributed by atoms with E-state index in [1.807, 2.05) is 66.3 Å². The molecule has 0 saturated carbocycles. The van der Waals surface area contributed by atoms with Crippen LogP contribution in [0.1, 0.15) is 5.82 Å². The molecule has 0 atom stereocenters. The van der Waals surface area contributed by atoms with Gasteiger partial charge in [0.2, 0.25) is 5.95 Å². The first kappa shape index (κ1) is 14.6. The number of benzene rings is 1. The van der Waals surface area contributed by atoms with Crippen molar-refractivity contribution in [2.75, 3.05) is 5.32 Å². The van der Waals surface area contributed by atoms with Crippen LogP contribution in [0.3, 0.4) is 0 Å². The van der Waals surface area contributed by atoms with Crippen molar-refractivity contribution >= 4 is 28.2 Å². The Morgan fingerprint density at radius 2 is 1.96 bits per heavy atom. The van der Waals surface area contributed by atoms with Crippen LogP contribution in [-0.4, -0.2) is 29.1 Å². The van der Waals surface area contributed by atoms with E-state index in [2.05, 4.69) is 25.4 Å². The molecule has 0 aliphatic rings. The van der Waals surface area contributed by atoms with Crippen LogP contribution < -0.4 is 5.32 Å². The molecule has 0 unspecified atom stereocenters. The number of hydrogen-bond donors (Lipinski definition) is 1. The summed E-state index contributed by atoms with van der Waals surface area (Å²) < 4.78 is 3.77. The normalized spacial score (nSPS) is 11.3. The number of nitrogens with zero attached hydrogens (tertiary/aromatic N) is 6. The standard InChI is InChI=1S/C19H15N7/c1-13-20-9-10-25(13)16-5-7-18-23-19(24-26(18)12-16)22-15-4-6-17-14(11-15)3-2-8-21-17/h2-12H,1H3,(H,22,24). The van der Waals surface area contributed by atoms with Gasteiger partial charge >= 0.3 is 0 Å². The molecule has 5 rings (SSSR count). The summed E-state index contributed by atoms with van der Waals surface area (Å²) in [7, 11) is 0. The summed E-state index contributed by atoms with van der Waals surface area (Å²) in [6.07, 6.45) is 7.43.